The molecule has 0 unspecified atom stereocenters. The van der Waals surface area contributed by atoms with Crippen LogP contribution in [0.25, 0.3) is 11.4 Å². The van der Waals surface area contributed by atoms with Crippen LogP contribution >= 0.6 is 0 Å². The fourth-order valence-electron chi connectivity index (χ4n) is 2.86. The van der Waals surface area contributed by atoms with Gasteiger partial charge < -0.3 is 19.1 Å². The molecular formula is C19H21F2N3O4. The van der Waals surface area contributed by atoms with E-state index in [0.717, 1.165) is 18.2 Å². The third kappa shape index (κ3) is 4.36. The SMILES string of the molecule is CCOC(=O)c1nc(-c2cc(F)cc(F)c2)nc(N2CCOCC2)c1OCC. The lowest BCUT2D eigenvalue weighted by Gasteiger charge is -2.29. The van der Waals surface area contributed by atoms with Gasteiger partial charge >= 0.3 is 5.97 Å². The van der Waals surface area contributed by atoms with E-state index in [9.17, 15) is 13.6 Å². The minimum absolute atomic E-state index is 0.00592. The summed E-state index contributed by atoms with van der Waals surface area (Å²) in [6, 6.07) is 2.97. The first-order chi connectivity index (χ1) is 13.5. The summed E-state index contributed by atoms with van der Waals surface area (Å²) in [5.41, 5.74) is 0.0282. The summed E-state index contributed by atoms with van der Waals surface area (Å²) >= 11 is 0. The van der Waals surface area contributed by atoms with Crippen LogP contribution in [0.5, 0.6) is 5.75 Å². The number of hydrogen-bond donors (Lipinski definition) is 0. The first kappa shape index (κ1) is 19.9. The highest BCUT2D eigenvalue weighted by atomic mass is 19.1. The van der Waals surface area contributed by atoms with E-state index in [1.807, 2.05) is 4.90 Å². The Morgan fingerprint density at radius 1 is 1.11 bits per heavy atom. The molecule has 0 N–H and O–H groups in total. The van der Waals surface area contributed by atoms with Crippen molar-refractivity contribution in [2.75, 3.05) is 44.4 Å². The molecule has 9 heteroatoms. The smallest absolute Gasteiger partial charge is 0.361 e. The number of hydrogen-bond acceptors (Lipinski definition) is 7. The van der Waals surface area contributed by atoms with E-state index in [2.05, 4.69) is 9.97 Å². The third-order valence-electron chi connectivity index (χ3n) is 4.04. The van der Waals surface area contributed by atoms with Gasteiger partial charge in [0.1, 0.15) is 11.6 Å². The fourth-order valence-corrected chi connectivity index (χ4v) is 2.86. The number of carbonyl (C=O) groups excluding carboxylic acids is 1. The summed E-state index contributed by atoms with van der Waals surface area (Å²) in [7, 11) is 0. The van der Waals surface area contributed by atoms with Gasteiger partial charge in [0.05, 0.1) is 26.4 Å². The molecule has 3 rings (SSSR count). The molecule has 2 aromatic rings. The minimum Gasteiger partial charge on any atom is -0.488 e. The highest BCUT2D eigenvalue weighted by Gasteiger charge is 2.27. The molecule has 28 heavy (non-hydrogen) atoms. The lowest BCUT2D eigenvalue weighted by molar-refractivity contribution is 0.0514. The van der Waals surface area contributed by atoms with Gasteiger partial charge in [-0.1, -0.05) is 0 Å². The number of carbonyl (C=O) groups is 1. The second kappa shape index (κ2) is 8.92. The van der Waals surface area contributed by atoms with E-state index in [-0.39, 0.29) is 36.0 Å². The summed E-state index contributed by atoms with van der Waals surface area (Å²) < 4.78 is 43.6. The van der Waals surface area contributed by atoms with Crippen molar-refractivity contribution in [3.05, 3.63) is 35.5 Å². The lowest BCUT2D eigenvalue weighted by atomic mass is 10.2. The number of esters is 1. The van der Waals surface area contributed by atoms with Crippen LogP contribution in [0.4, 0.5) is 14.6 Å². The number of aromatic nitrogens is 2. The second-order valence-electron chi connectivity index (χ2n) is 5.96. The molecule has 1 aliphatic heterocycles. The summed E-state index contributed by atoms with van der Waals surface area (Å²) in [6.07, 6.45) is 0. The number of nitrogens with zero attached hydrogens (tertiary/aromatic N) is 3. The monoisotopic (exact) mass is 393 g/mol. The van der Waals surface area contributed by atoms with Crippen molar-refractivity contribution in [3.63, 3.8) is 0 Å². The van der Waals surface area contributed by atoms with Crippen molar-refractivity contribution < 1.29 is 27.8 Å². The molecule has 150 valence electrons. The number of halogens is 2. The van der Waals surface area contributed by atoms with Gasteiger partial charge in [0.15, 0.2) is 23.1 Å². The molecule has 7 nitrogen and oxygen atoms in total. The van der Waals surface area contributed by atoms with E-state index >= 15 is 0 Å². The standard InChI is InChI=1S/C19H21F2N3O4/c1-3-27-16-15(19(25)28-4-2)22-17(12-9-13(20)11-14(21)10-12)23-18(16)24-5-7-26-8-6-24/h9-11H,3-8H2,1-2H3. The Morgan fingerprint density at radius 3 is 2.39 bits per heavy atom. The van der Waals surface area contributed by atoms with Crippen LogP contribution < -0.4 is 9.64 Å². The van der Waals surface area contributed by atoms with Gasteiger partial charge in [0.2, 0.25) is 0 Å². The average Bonchev–Trinajstić information content (AvgIpc) is 2.68. The molecule has 1 aliphatic rings. The largest absolute Gasteiger partial charge is 0.488 e. The van der Waals surface area contributed by atoms with Gasteiger partial charge in [-0.3, -0.25) is 0 Å². The van der Waals surface area contributed by atoms with Gasteiger partial charge in [-0.25, -0.2) is 23.5 Å². The molecule has 1 saturated heterocycles. The normalized spacial score (nSPS) is 14.1. The molecule has 0 amide bonds. The number of morpholine rings is 1. The first-order valence-electron chi connectivity index (χ1n) is 9.04. The Balaban J connectivity index is 2.19. The van der Waals surface area contributed by atoms with Crippen LogP contribution in [0, 0.1) is 11.6 Å². The number of ether oxygens (including phenoxy) is 3. The Bertz CT molecular complexity index is 837. The average molecular weight is 393 g/mol. The Hall–Kier alpha value is -2.81. The summed E-state index contributed by atoms with van der Waals surface area (Å²) in [4.78, 5) is 23.1. The van der Waals surface area contributed by atoms with Gasteiger partial charge in [0, 0.05) is 24.7 Å². The van der Waals surface area contributed by atoms with E-state index in [1.54, 1.807) is 13.8 Å². The second-order valence-corrected chi connectivity index (χ2v) is 5.96. The maximum atomic E-state index is 13.7. The van der Waals surface area contributed by atoms with Crippen molar-refractivity contribution in [2.24, 2.45) is 0 Å². The van der Waals surface area contributed by atoms with E-state index < -0.39 is 17.6 Å². The summed E-state index contributed by atoms with van der Waals surface area (Å²) in [5.74, 6) is -1.67. The lowest BCUT2D eigenvalue weighted by Crippen LogP contribution is -2.37. The maximum Gasteiger partial charge on any atom is 0.361 e. The van der Waals surface area contributed by atoms with E-state index in [4.69, 9.17) is 14.2 Å². The van der Waals surface area contributed by atoms with Crippen molar-refractivity contribution >= 4 is 11.8 Å². The molecule has 0 saturated carbocycles. The van der Waals surface area contributed by atoms with Crippen LogP contribution in [0.3, 0.4) is 0 Å². The number of anilines is 1. The van der Waals surface area contributed by atoms with Gasteiger partial charge in [-0.05, 0) is 26.0 Å². The summed E-state index contributed by atoms with van der Waals surface area (Å²) in [5, 5.41) is 0. The molecule has 2 heterocycles. The quantitative estimate of drug-likeness (QED) is 0.699. The van der Waals surface area contributed by atoms with Crippen molar-refractivity contribution in [3.8, 4) is 17.1 Å². The van der Waals surface area contributed by atoms with Crippen LogP contribution in [-0.2, 0) is 9.47 Å². The van der Waals surface area contributed by atoms with Gasteiger partial charge in [-0.2, -0.15) is 0 Å². The predicted molar refractivity (Wildman–Crippen MR) is 97.5 cm³/mol. The fraction of sp³-hybridized carbons (Fsp3) is 0.421. The molecule has 0 atom stereocenters. The molecule has 0 radical (unpaired) electrons. The Morgan fingerprint density at radius 2 is 1.79 bits per heavy atom. The van der Waals surface area contributed by atoms with Crippen molar-refractivity contribution in [1.82, 2.24) is 9.97 Å². The minimum atomic E-state index is -0.766. The Kier molecular flexibility index (Phi) is 6.35. The van der Waals surface area contributed by atoms with Crippen LogP contribution in [0.15, 0.2) is 18.2 Å². The zero-order valence-corrected chi connectivity index (χ0v) is 15.7. The van der Waals surface area contributed by atoms with Gasteiger partial charge in [0.25, 0.3) is 0 Å². The zero-order valence-electron chi connectivity index (χ0n) is 15.7. The van der Waals surface area contributed by atoms with E-state index in [0.29, 0.717) is 32.1 Å². The zero-order chi connectivity index (χ0) is 20.1. The molecular weight excluding hydrogens is 372 g/mol. The molecule has 1 fully saturated rings. The molecule has 1 aromatic carbocycles. The third-order valence-corrected chi connectivity index (χ3v) is 4.04. The topological polar surface area (TPSA) is 73.8 Å². The number of benzene rings is 1. The molecule has 0 spiro atoms. The van der Waals surface area contributed by atoms with E-state index in [1.165, 1.54) is 0 Å². The molecule has 1 aromatic heterocycles. The van der Waals surface area contributed by atoms with Crippen molar-refractivity contribution in [2.45, 2.75) is 13.8 Å². The van der Waals surface area contributed by atoms with Crippen LogP contribution in [-0.4, -0.2) is 55.5 Å². The highest BCUT2D eigenvalue weighted by Crippen LogP contribution is 2.33. The molecule has 0 bridgehead atoms. The molecule has 0 aliphatic carbocycles. The van der Waals surface area contributed by atoms with Gasteiger partial charge in [-0.15, -0.1) is 0 Å². The number of rotatable bonds is 6. The predicted octanol–water partition coefficient (Wildman–Crippen LogP) is 2.83. The Labute approximate surface area is 161 Å². The van der Waals surface area contributed by atoms with Crippen molar-refractivity contribution in [1.29, 1.82) is 0 Å². The van der Waals surface area contributed by atoms with Crippen LogP contribution in [0.2, 0.25) is 0 Å². The van der Waals surface area contributed by atoms with Crippen LogP contribution in [0.1, 0.15) is 24.3 Å². The first-order valence-corrected chi connectivity index (χ1v) is 9.04. The highest BCUT2D eigenvalue weighted by molar-refractivity contribution is 5.93. The maximum absolute atomic E-state index is 13.7. The summed E-state index contributed by atoms with van der Waals surface area (Å²) in [6.45, 7) is 5.88.